The van der Waals surface area contributed by atoms with Gasteiger partial charge < -0.3 is 10.1 Å². The van der Waals surface area contributed by atoms with E-state index in [0.29, 0.717) is 12.1 Å². The van der Waals surface area contributed by atoms with Gasteiger partial charge in [-0.15, -0.1) is 0 Å². The first kappa shape index (κ1) is 20.1. The molecule has 1 N–H and O–H groups in total. The van der Waals surface area contributed by atoms with Gasteiger partial charge in [0, 0.05) is 12.2 Å². The summed E-state index contributed by atoms with van der Waals surface area (Å²) < 4.78 is 5.38. The van der Waals surface area contributed by atoms with Crippen molar-refractivity contribution < 1.29 is 14.3 Å². The van der Waals surface area contributed by atoms with Crippen LogP contribution in [0.5, 0.6) is 0 Å². The molecule has 0 radical (unpaired) electrons. The number of nitrogens with zero attached hydrogens (tertiary/aromatic N) is 1. The predicted octanol–water partition coefficient (Wildman–Crippen LogP) is 3.87. The molecule has 2 aromatic carbocycles. The Morgan fingerprint density at radius 2 is 1.79 bits per heavy atom. The van der Waals surface area contributed by atoms with Crippen molar-refractivity contribution >= 4 is 17.6 Å². The number of amides is 1. The average molecular weight is 380 g/mol. The van der Waals surface area contributed by atoms with E-state index < -0.39 is 0 Å². The number of rotatable bonds is 6. The molecule has 3 rings (SSSR count). The summed E-state index contributed by atoms with van der Waals surface area (Å²) >= 11 is 0. The summed E-state index contributed by atoms with van der Waals surface area (Å²) in [6.07, 6.45) is 1.79. The van der Waals surface area contributed by atoms with Crippen LogP contribution in [0.2, 0.25) is 0 Å². The van der Waals surface area contributed by atoms with Crippen LogP contribution in [0.1, 0.15) is 39.9 Å². The van der Waals surface area contributed by atoms with Gasteiger partial charge in [0.1, 0.15) is 6.61 Å². The van der Waals surface area contributed by atoms with Gasteiger partial charge in [-0.2, -0.15) is 0 Å². The van der Waals surface area contributed by atoms with Crippen LogP contribution in [0, 0.1) is 20.8 Å². The minimum Gasteiger partial charge on any atom is -0.461 e. The normalized spacial score (nSPS) is 16.8. The van der Waals surface area contributed by atoms with Crippen LogP contribution < -0.4 is 5.32 Å². The van der Waals surface area contributed by atoms with Crippen LogP contribution in [-0.4, -0.2) is 42.5 Å². The van der Waals surface area contributed by atoms with Crippen LogP contribution in [0.3, 0.4) is 0 Å². The van der Waals surface area contributed by atoms with Crippen molar-refractivity contribution in [2.75, 3.05) is 25.0 Å². The number of esters is 1. The maximum atomic E-state index is 12.9. The highest BCUT2D eigenvalue weighted by atomic mass is 16.5. The average Bonchev–Trinajstić information content (AvgIpc) is 3.13. The Morgan fingerprint density at radius 1 is 1.11 bits per heavy atom. The van der Waals surface area contributed by atoms with Gasteiger partial charge in [0.15, 0.2) is 0 Å². The van der Waals surface area contributed by atoms with Crippen molar-refractivity contribution in [2.24, 2.45) is 0 Å². The lowest BCUT2D eigenvalue weighted by molar-refractivity contribution is -0.120. The van der Waals surface area contributed by atoms with Crippen LogP contribution in [-0.2, 0) is 9.53 Å². The van der Waals surface area contributed by atoms with Crippen molar-refractivity contribution in [1.82, 2.24) is 4.90 Å². The van der Waals surface area contributed by atoms with Crippen LogP contribution in [0.4, 0.5) is 5.69 Å². The molecular formula is C23H28N2O3. The number of likely N-dealkylation sites (tertiary alicyclic amines) is 1. The Morgan fingerprint density at radius 3 is 2.46 bits per heavy atom. The number of nitrogens with one attached hydrogen (secondary N) is 1. The molecule has 1 amide bonds. The highest BCUT2D eigenvalue weighted by Gasteiger charge is 2.31. The second-order valence-electron chi connectivity index (χ2n) is 7.46. The van der Waals surface area contributed by atoms with E-state index >= 15 is 0 Å². The van der Waals surface area contributed by atoms with Crippen LogP contribution in [0.25, 0.3) is 0 Å². The third kappa shape index (κ3) is 4.78. The summed E-state index contributed by atoms with van der Waals surface area (Å²) in [6, 6.07) is 12.9. The minimum atomic E-state index is -0.327. The maximum Gasteiger partial charge on any atom is 0.338 e. The van der Waals surface area contributed by atoms with Crippen LogP contribution in [0.15, 0.2) is 42.5 Å². The molecule has 0 bridgehead atoms. The summed E-state index contributed by atoms with van der Waals surface area (Å²) in [6.45, 7) is 7.77. The van der Waals surface area contributed by atoms with Gasteiger partial charge in [-0.05, 0) is 63.4 Å². The molecular weight excluding hydrogens is 352 g/mol. The van der Waals surface area contributed by atoms with E-state index in [2.05, 4.69) is 29.3 Å². The zero-order chi connectivity index (χ0) is 20.1. The third-order valence-electron chi connectivity index (χ3n) is 5.21. The summed E-state index contributed by atoms with van der Waals surface area (Å²) in [5.74, 6) is -0.311. The summed E-state index contributed by atoms with van der Waals surface area (Å²) in [5.41, 5.74) is 4.79. The van der Waals surface area contributed by atoms with Gasteiger partial charge >= 0.3 is 5.97 Å². The van der Waals surface area contributed by atoms with Gasteiger partial charge in [-0.1, -0.05) is 35.9 Å². The number of ether oxygens (including phenoxy) is 1. The Labute approximate surface area is 166 Å². The molecule has 5 nitrogen and oxygen atoms in total. The number of benzene rings is 2. The number of carbonyl (C=O) groups excluding carboxylic acids is 2. The standard InChI is InChI=1S/C23H28N2O3/c1-16-14-17(2)21(18(3)15-16)24-22(26)20-10-7-11-25(20)12-13-28-23(27)19-8-5-4-6-9-19/h4-6,8-9,14-15,20H,7,10-13H2,1-3H3,(H,24,26)/t20-/m1/s1. The predicted molar refractivity (Wildman–Crippen MR) is 111 cm³/mol. The molecule has 1 fully saturated rings. The van der Waals surface area contributed by atoms with Crippen molar-refractivity contribution in [1.29, 1.82) is 0 Å². The topological polar surface area (TPSA) is 58.6 Å². The minimum absolute atomic E-state index is 0.0157. The maximum absolute atomic E-state index is 12.9. The molecule has 2 aromatic rings. The van der Waals surface area contributed by atoms with Crippen molar-refractivity contribution in [3.05, 3.63) is 64.7 Å². The van der Waals surface area contributed by atoms with E-state index in [1.807, 2.05) is 32.0 Å². The first-order valence-electron chi connectivity index (χ1n) is 9.80. The molecule has 5 heteroatoms. The molecule has 0 aromatic heterocycles. The van der Waals surface area contributed by atoms with Crippen molar-refractivity contribution in [2.45, 2.75) is 39.7 Å². The number of carbonyl (C=O) groups is 2. The Hall–Kier alpha value is -2.66. The summed E-state index contributed by atoms with van der Waals surface area (Å²) in [5, 5.41) is 3.11. The fourth-order valence-corrected chi connectivity index (χ4v) is 3.89. The molecule has 1 saturated heterocycles. The molecule has 1 atom stereocenters. The smallest absolute Gasteiger partial charge is 0.338 e. The number of aryl methyl sites for hydroxylation is 3. The molecule has 0 unspecified atom stereocenters. The summed E-state index contributed by atoms with van der Waals surface area (Å²) in [7, 11) is 0. The Kier molecular flexibility index (Phi) is 6.47. The second kappa shape index (κ2) is 9.02. The first-order chi connectivity index (χ1) is 13.5. The van der Waals surface area contributed by atoms with Gasteiger partial charge in [-0.25, -0.2) is 4.79 Å². The third-order valence-corrected chi connectivity index (χ3v) is 5.21. The quantitative estimate of drug-likeness (QED) is 0.773. The highest BCUT2D eigenvalue weighted by molar-refractivity contribution is 5.96. The Bertz CT molecular complexity index is 825. The molecule has 1 heterocycles. The van der Waals surface area contributed by atoms with Gasteiger partial charge in [0.05, 0.1) is 11.6 Å². The van der Waals surface area contributed by atoms with Crippen molar-refractivity contribution in [3.8, 4) is 0 Å². The number of hydrogen-bond acceptors (Lipinski definition) is 4. The van der Waals surface area contributed by atoms with Gasteiger partial charge in [0.2, 0.25) is 5.91 Å². The number of hydrogen-bond donors (Lipinski definition) is 1. The van der Waals surface area contributed by atoms with E-state index in [1.165, 1.54) is 5.56 Å². The zero-order valence-electron chi connectivity index (χ0n) is 16.8. The molecule has 1 aliphatic rings. The van der Waals surface area contributed by atoms with E-state index in [0.717, 1.165) is 36.2 Å². The fraction of sp³-hybridized carbons (Fsp3) is 0.391. The first-order valence-corrected chi connectivity index (χ1v) is 9.80. The second-order valence-corrected chi connectivity index (χ2v) is 7.46. The lowest BCUT2D eigenvalue weighted by Gasteiger charge is -2.24. The molecule has 28 heavy (non-hydrogen) atoms. The SMILES string of the molecule is Cc1cc(C)c(NC(=O)[C@H]2CCCN2CCOC(=O)c2ccccc2)c(C)c1. The summed E-state index contributed by atoms with van der Waals surface area (Å²) in [4.78, 5) is 27.0. The molecule has 0 aliphatic carbocycles. The number of anilines is 1. The van der Waals surface area contributed by atoms with Gasteiger partial charge in [0.25, 0.3) is 0 Å². The van der Waals surface area contributed by atoms with E-state index in [4.69, 9.17) is 4.74 Å². The fourth-order valence-electron chi connectivity index (χ4n) is 3.89. The molecule has 148 valence electrons. The van der Waals surface area contributed by atoms with Gasteiger partial charge in [-0.3, -0.25) is 9.69 Å². The van der Waals surface area contributed by atoms with E-state index in [1.54, 1.807) is 12.1 Å². The lowest BCUT2D eigenvalue weighted by atomic mass is 10.0. The largest absolute Gasteiger partial charge is 0.461 e. The zero-order valence-corrected chi connectivity index (χ0v) is 16.8. The van der Waals surface area contributed by atoms with E-state index in [-0.39, 0.29) is 24.5 Å². The van der Waals surface area contributed by atoms with Crippen LogP contribution >= 0.6 is 0 Å². The van der Waals surface area contributed by atoms with E-state index in [9.17, 15) is 9.59 Å². The lowest BCUT2D eigenvalue weighted by Crippen LogP contribution is -2.41. The monoisotopic (exact) mass is 380 g/mol. The van der Waals surface area contributed by atoms with Crippen molar-refractivity contribution in [3.63, 3.8) is 0 Å². The molecule has 1 aliphatic heterocycles. The molecule has 0 spiro atoms. The highest BCUT2D eigenvalue weighted by Crippen LogP contribution is 2.24. The Balaban J connectivity index is 1.55. The molecule has 0 saturated carbocycles.